The molecule has 1 aromatic rings. The Morgan fingerprint density at radius 3 is 2.67 bits per heavy atom. The van der Waals surface area contributed by atoms with Crippen LogP contribution in [0.25, 0.3) is 0 Å². The first-order chi connectivity index (χ1) is 5.52. The van der Waals surface area contributed by atoms with Gasteiger partial charge in [0.1, 0.15) is 11.5 Å². The van der Waals surface area contributed by atoms with E-state index in [1.807, 2.05) is 0 Å². The van der Waals surface area contributed by atoms with Crippen molar-refractivity contribution >= 4 is 33.3 Å². The van der Waals surface area contributed by atoms with Gasteiger partial charge in [0.05, 0.1) is 9.50 Å². The van der Waals surface area contributed by atoms with E-state index in [0.717, 1.165) is 0 Å². The van der Waals surface area contributed by atoms with Gasteiger partial charge < -0.3 is 5.73 Å². The van der Waals surface area contributed by atoms with Crippen LogP contribution in [0.4, 0.5) is 14.6 Å². The molecule has 0 bridgehead atoms. The summed E-state index contributed by atoms with van der Waals surface area (Å²) >= 11 is 8.45. The van der Waals surface area contributed by atoms with Gasteiger partial charge in [-0.15, -0.1) is 0 Å². The third kappa shape index (κ3) is 1.84. The van der Waals surface area contributed by atoms with Crippen molar-refractivity contribution in [1.29, 1.82) is 0 Å². The molecular weight excluding hydrogens is 253 g/mol. The van der Waals surface area contributed by atoms with Crippen LogP contribution < -0.4 is 5.73 Å². The fourth-order valence-electron chi connectivity index (χ4n) is 0.681. The van der Waals surface area contributed by atoms with Crippen molar-refractivity contribution in [2.24, 2.45) is 0 Å². The summed E-state index contributed by atoms with van der Waals surface area (Å²) in [6.07, 6.45) is -2.68. The predicted molar refractivity (Wildman–Crippen MR) is 46.3 cm³/mol. The van der Waals surface area contributed by atoms with E-state index in [0.29, 0.717) is 0 Å². The molecule has 6 heteroatoms. The average Bonchev–Trinajstić information content (AvgIpc) is 1.96. The lowest BCUT2D eigenvalue weighted by Gasteiger charge is -2.04. The number of anilines is 1. The molecule has 2 N–H and O–H groups in total. The molecule has 0 amide bonds. The Labute approximate surface area is 80.9 Å². The summed E-state index contributed by atoms with van der Waals surface area (Å²) in [5.41, 5.74) is 4.79. The van der Waals surface area contributed by atoms with Gasteiger partial charge in [-0.1, -0.05) is 11.6 Å². The molecule has 0 aromatic carbocycles. The molecule has 2 nitrogen and oxygen atoms in total. The van der Waals surface area contributed by atoms with Gasteiger partial charge in [-0.05, 0) is 15.9 Å². The zero-order valence-corrected chi connectivity index (χ0v) is 8.03. The first-order valence-corrected chi connectivity index (χ1v) is 4.09. The monoisotopic (exact) mass is 256 g/mol. The van der Waals surface area contributed by atoms with E-state index in [1.165, 1.54) is 6.07 Å². The van der Waals surface area contributed by atoms with Crippen molar-refractivity contribution in [1.82, 2.24) is 4.98 Å². The maximum Gasteiger partial charge on any atom is 0.281 e. The number of alkyl halides is 2. The molecule has 0 aliphatic heterocycles. The molecule has 1 rings (SSSR count). The average molecular weight is 257 g/mol. The number of nitrogens with zero attached hydrogens (tertiary/aromatic N) is 1. The summed E-state index contributed by atoms with van der Waals surface area (Å²) in [5, 5.41) is 0.137. The summed E-state index contributed by atoms with van der Waals surface area (Å²) < 4.78 is 24.5. The minimum absolute atomic E-state index is 0.0153. The van der Waals surface area contributed by atoms with Gasteiger partial charge in [0.2, 0.25) is 0 Å². The molecule has 1 aromatic heterocycles. The molecule has 1 heterocycles. The highest BCUT2D eigenvalue weighted by Crippen LogP contribution is 2.32. The standard InChI is InChI=1S/C6H4BrClF2N2/c7-4-2(8)1-3(11)12-5(4)6(9)10/h1,6H,(H2,11,12). The Hall–Kier alpha value is -0.420. The Kier molecular flexibility index (Phi) is 2.85. The molecule has 0 aliphatic carbocycles. The molecule has 66 valence electrons. The second kappa shape index (κ2) is 3.53. The van der Waals surface area contributed by atoms with Crippen LogP contribution in [0.15, 0.2) is 10.5 Å². The number of rotatable bonds is 1. The third-order valence-electron chi connectivity index (χ3n) is 1.17. The number of nitrogens with two attached hydrogens (primary N) is 1. The van der Waals surface area contributed by atoms with Crippen LogP contribution in [-0.4, -0.2) is 4.98 Å². The van der Waals surface area contributed by atoms with Crippen molar-refractivity contribution in [2.45, 2.75) is 6.43 Å². The largest absolute Gasteiger partial charge is 0.384 e. The molecule has 0 atom stereocenters. The second-order valence-corrected chi connectivity index (χ2v) is 3.23. The zero-order chi connectivity index (χ0) is 9.30. The molecule has 0 radical (unpaired) electrons. The van der Waals surface area contributed by atoms with Gasteiger partial charge in [-0.25, -0.2) is 13.8 Å². The number of nitrogen functional groups attached to an aromatic ring is 1. The van der Waals surface area contributed by atoms with E-state index in [-0.39, 0.29) is 15.3 Å². The van der Waals surface area contributed by atoms with Gasteiger partial charge in [0.15, 0.2) is 0 Å². The van der Waals surface area contributed by atoms with Crippen LogP contribution in [0.5, 0.6) is 0 Å². The van der Waals surface area contributed by atoms with Gasteiger partial charge >= 0.3 is 0 Å². The Bertz CT molecular complexity index is 306. The van der Waals surface area contributed by atoms with Crippen LogP contribution in [0.3, 0.4) is 0 Å². The van der Waals surface area contributed by atoms with Crippen molar-refractivity contribution in [3.8, 4) is 0 Å². The van der Waals surface area contributed by atoms with Crippen molar-refractivity contribution < 1.29 is 8.78 Å². The smallest absolute Gasteiger partial charge is 0.281 e. The van der Waals surface area contributed by atoms with E-state index in [9.17, 15) is 8.78 Å². The molecule has 0 saturated carbocycles. The number of halogens is 4. The summed E-state index contributed by atoms with van der Waals surface area (Å²) in [6.45, 7) is 0. The quantitative estimate of drug-likeness (QED) is 0.840. The van der Waals surface area contributed by atoms with Crippen LogP contribution in [0.2, 0.25) is 5.02 Å². The van der Waals surface area contributed by atoms with E-state index >= 15 is 0 Å². The van der Waals surface area contributed by atoms with Gasteiger partial charge in [-0.3, -0.25) is 0 Å². The van der Waals surface area contributed by atoms with Crippen molar-refractivity contribution in [3.05, 3.63) is 21.3 Å². The summed E-state index contributed by atoms with van der Waals surface area (Å²) in [4.78, 5) is 3.43. The summed E-state index contributed by atoms with van der Waals surface area (Å²) in [7, 11) is 0. The number of aromatic nitrogens is 1. The van der Waals surface area contributed by atoms with Crippen LogP contribution in [-0.2, 0) is 0 Å². The first kappa shape index (κ1) is 9.67. The molecule has 0 fully saturated rings. The Morgan fingerprint density at radius 2 is 2.17 bits per heavy atom. The maximum absolute atomic E-state index is 12.2. The van der Waals surface area contributed by atoms with Crippen molar-refractivity contribution in [2.75, 3.05) is 5.73 Å². The predicted octanol–water partition coefficient (Wildman–Crippen LogP) is 3.02. The van der Waals surface area contributed by atoms with Gasteiger partial charge in [0, 0.05) is 6.07 Å². The maximum atomic E-state index is 12.2. The van der Waals surface area contributed by atoms with Gasteiger partial charge in [0.25, 0.3) is 6.43 Å². The van der Waals surface area contributed by atoms with E-state index in [2.05, 4.69) is 20.9 Å². The highest BCUT2D eigenvalue weighted by molar-refractivity contribution is 9.10. The highest BCUT2D eigenvalue weighted by atomic mass is 79.9. The Morgan fingerprint density at radius 1 is 1.58 bits per heavy atom. The molecule has 12 heavy (non-hydrogen) atoms. The molecule has 0 spiro atoms. The lowest BCUT2D eigenvalue weighted by Crippen LogP contribution is -1.97. The normalized spacial score (nSPS) is 10.8. The first-order valence-electron chi connectivity index (χ1n) is 2.92. The fraction of sp³-hybridized carbons (Fsp3) is 0.167. The SMILES string of the molecule is Nc1cc(Cl)c(Br)c(C(F)F)n1. The summed E-state index contributed by atoms with van der Waals surface area (Å²) in [5.74, 6) is -0.0153. The highest BCUT2D eigenvalue weighted by Gasteiger charge is 2.16. The molecule has 0 saturated heterocycles. The second-order valence-electron chi connectivity index (χ2n) is 2.03. The topological polar surface area (TPSA) is 38.9 Å². The summed E-state index contributed by atoms with van der Waals surface area (Å²) in [6, 6.07) is 1.30. The Balaban J connectivity index is 3.28. The molecule has 0 unspecified atom stereocenters. The minimum atomic E-state index is -2.68. The van der Waals surface area contributed by atoms with Crippen LogP contribution >= 0.6 is 27.5 Å². The number of pyridine rings is 1. The lowest BCUT2D eigenvalue weighted by molar-refractivity contribution is 0.145. The van der Waals surface area contributed by atoms with Crippen molar-refractivity contribution in [3.63, 3.8) is 0 Å². The fourth-order valence-corrected chi connectivity index (χ4v) is 1.27. The lowest BCUT2D eigenvalue weighted by atomic mass is 10.3. The van der Waals surface area contributed by atoms with Gasteiger partial charge in [-0.2, -0.15) is 0 Å². The molecule has 0 aliphatic rings. The van der Waals surface area contributed by atoms with E-state index in [4.69, 9.17) is 17.3 Å². The number of hydrogen-bond donors (Lipinski definition) is 1. The minimum Gasteiger partial charge on any atom is -0.384 e. The van der Waals surface area contributed by atoms with Crippen LogP contribution in [0, 0.1) is 0 Å². The third-order valence-corrected chi connectivity index (χ3v) is 2.53. The zero-order valence-electron chi connectivity index (χ0n) is 5.69. The van der Waals surface area contributed by atoms with E-state index in [1.54, 1.807) is 0 Å². The molecular formula is C6H4BrClF2N2. The van der Waals surface area contributed by atoms with E-state index < -0.39 is 12.1 Å². The number of hydrogen-bond acceptors (Lipinski definition) is 2. The van der Waals surface area contributed by atoms with Crippen LogP contribution in [0.1, 0.15) is 12.1 Å².